The third-order valence-corrected chi connectivity index (χ3v) is 3.35. The molecule has 0 aliphatic carbocycles. The fourth-order valence-corrected chi connectivity index (χ4v) is 2.01. The molecule has 0 spiro atoms. The van der Waals surface area contributed by atoms with Crippen molar-refractivity contribution in [2.24, 2.45) is 5.92 Å². The largest absolute Gasteiger partial charge is 0.351 e. The molecule has 2 N–H and O–H groups in total. The zero-order chi connectivity index (χ0) is 12.0. The number of aryl methyl sites for hydroxylation is 1. The van der Waals surface area contributed by atoms with Crippen molar-refractivity contribution in [3.05, 3.63) is 16.1 Å². The second-order valence-corrected chi connectivity index (χ2v) is 4.73. The highest BCUT2D eigenvalue weighted by molar-refractivity contribution is 7.09. The Bertz CT molecular complexity index is 338. The number of carbonyl (C=O) groups is 1. The van der Waals surface area contributed by atoms with Gasteiger partial charge in [0.15, 0.2) is 0 Å². The standard InChI is InChI=1S/C11H19N3OS/c1-4-12-5-8(2)11(15)13-6-10-9(3)14-7-16-10/h7-8,12H,4-6H2,1-3H3,(H,13,15). The topological polar surface area (TPSA) is 54.0 Å². The number of hydrogen-bond acceptors (Lipinski definition) is 4. The van der Waals surface area contributed by atoms with Crippen molar-refractivity contribution < 1.29 is 4.79 Å². The van der Waals surface area contributed by atoms with Gasteiger partial charge >= 0.3 is 0 Å². The van der Waals surface area contributed by atoms with Crippen LogP contribution in [0.5, 0.6) is 0 Å². The lowest BCUT2D eigenvalue weighted by Gasteiger charge is -2.11. The Morgan fingerprint density at radius 3 is 2.94 bits per heavy atom. The van der Waals surface area contributed by atoms with Crippen LogP contribution in [0.25, 0.3) is 0 Å². The van der Waals surface area contributed by atoms with Crippen molar-refractivity contribution in [3.8, 4) is 0 Å². The lowest BCUT2D eigenvalue weighted by molar-refractivity contribution is -0.124. The van der Waals surface area contributed by atoms with Crippen molar-refractivity contribution in [2.45, 2.75) is 27.3 Å². The summed E-state index contributed by atoms with van der Waals surface area (Å²) in [4.78, 5) is 17.0. The predicted molar refractivity (Wildman–Crippen MR) is 66.4 cm³/mol. The summed E-state index contributed by atoms with van der Waals surface area (Å²) in [6, 6.07) is 0. The van der Waals surface area contributed by atoms with Crippen LogP contribution in [0.1, 0.15) is 24.4 Å². The van der Waals surface area contributed by atoms with Gasteiger partial charge in [-0.05, 0) is 13.5 Å². The van der Waals surface area contributed by atoms with Crippen molar-refractivity contribution in [1.82, 2.24) is 15.6 Å². The molecule has 5 heteroatoms. The number of rotatable bonds is 6. The third kappa shape index (κ3) is 3.90. The van der Waals surface area contributed by atoms with Crippen LogP contribution >= 0.6 is 11.3 Å². The molecule has 0 aliphatic heterocycles. The first-order valence-electron chi connectivity index (χ1n) is 5.52. The number of amides is 1. The van der Waals surface area contributed by atoms with E-state index in [1.54, 1.807) is 16.8 Å². The van der Waals surface area contributed by atoms with Gasteiger partial charge in [-0.15, -0.1) is 11.3 Å². The molecule has 0 bridgehead atoms. The third-order valence-electron chi connectivity index (χ3n) is 2.42. The van der Waals surface area contributed by atoms with E-state index in [4.69, 9.17) is 0 Å². The van der Waals surface area contributed by atoms with Gasteiger partial charge in [-0.1, -0.05) is 13.8 Å². The van der Waals surface area contributed by atoms with Crippen LogP contribution in [0.3, 0.4) is 0 Å². The molecule has 0 radical (unpaired) electrons. The van der Waals surface area contributed by atoms with E-state index in [0.717, 1.165) is 23.7 Å². The van der Waals surface area contributed by atoms with Crippen molar-refractivity contribution in [1.29, 1.82) is 0 Å². The monoisotopic (exact) mass is 241 g/mol. The van der Waals surface area contributed by atoms with E-state index in [0.29, 0.717) is 6.54 Å². The molecule has 1 heterocycles. The van der Waals surface area contributed by atoms with Gasteiger partial charge in [0.05, 0.1) is 17.7 Å². The summed E-state index contributed by atoms with van der Waals surface area (Å²) in [5.41, 5.74) is 2.81. The normalized spacial score (nSPS) is 12.4. The van der Waals surface area contributed by atoms with Gasteiger partial charge in [0.25, 0.3) is 0 Å². The molecule has 1 aromatic rings. The van der Waals surface area contributed by atoms with E-state index in [2.05, 4.69) is 15.6 Å². The number of hydrogen-bond donors (Lipinski definition) is 2. The summed E-state index contributed by atoms with van der Waals surface area (Å²) in [5.74, 6) is 0.0990. The molecule has 0 aromatic carbocycles. The molecular formula is C11H19N3OS. The number of aromatic nitrogens is 1. The minimum Gasteiger partial charge on any atom is -0.351 e. The summed E-state index contributed by atoms with van der Waals surface area (Å²) in [5, 5.41) is 6.09. The fourth-order valence-electron chi connectivity index (χ4n) is 1.29. The van der Waals surface area contributed by atoms with Gasteiger partial charge in [-0.2, -0.15) is 0 Å². The molecule has 0 fully saturated rings. The van der Waals surface area contributed by atoms with Gasteiger partial charge in [0.2, 0.25) is 5.91 Å². The van der Waals surface area contributed by atoms with Crippen molar-refractivity contribution in [2.75, 3.05) is 13.1 Å². The number of carbonyl (C=O) groups excluding carboxylic acids is 1. The molecule has 1 amide bonds. The quantitative estimate of drug-likeness (QED) is 0.789. The molecule has 0 saturated carbocycles. The highest BCUT2D eigenvalue weighted by Gasteiger charge is 2.12. The van der Waals surface area contributed by atoms with E-state index in [9.17, 15) is 4.79 Å². The lowest BCUT2D eigenvalue weighted by atomic mass is 10.1. The van der Waals surface area contributed by atoms with E-state index in [1.807, 2.05) is 20.8 Å². The van der Waals surface area contributed by atoms with Crippen LogP contribution in [0.2, 0.25) is 0 Å². The Morgan fingerprint density at radius 1 is 1.62 bits per heavy atom. The van der Waals surface area contributed by atoms with Gasteiger partial charge in [0.1, 0.15) is 0 Å². The summed E-state index contributed by atoms with van der Waals surface area (Å²) in [6.45, 7) is 8.13. The van der Waals surface area contributed by atoms with E-state index >= 15 is 0 Å². The molecular weight excluding hydrogens is 222 g/mol. The molecule has 16 heavy (non-hydrogen) atoms. The Kier molecular flexibility index (Phi) is 5.42. The maximum absolute atomic E-state index is 11.7. The van der Waals surface area contributed by atoms with E-state index in [-0.39, 0.29) is 11.8 Å². The number of nitrogens with zero attached hydrogens (tertiary/aromatic N) is 1. The summed E-state index contributed by atoms with van der Waals surface area (Å²) in [6.07, 6.45) is 0. The maximum Gasteiger partial charge on any atom is 0.224 e. The molecule has 0 aliphatic rings. The van der Waals surface area contributed by atoms with Crippen LogP contribution in [-0.4, -0.2) is 24.0 Å². The molecule has 4 nitrogen and oxygen atoms in total. The summed E-state index contributed by atoms with van der Waals surface area (Å²) < 4.78 is 0. The van der Waals surface area contributed by atoms with Crippen LogP contribution in [0, 0.1) is 12.8 Å². The maximum atomic E-state index is 11.7. The zero-order valence-corrected chi connectivity index (χ0v) is 10.9. The molecule has 1 aromatic heterocycles. The molecule has 1 rings (SSSR count). The minimum absolute atomic E-state index is 0.00757. The smallest absolute Gasteiger partial charge is 0.224 e. The average Bonchev–Trinajstić information content (AvgIpc) is 2.68. The van der Waals surface area contributed by atoms with Gasteiger partial charge in [0, 0.05) is 17.3 Å². The molecule has 90 valence electrons. The first-order valence-corrected chi connectivity index (χ1v) is 6.40. The Balaban J connectivity index is 2.32. The first kappa shape index (κ1) is 13.1. The number of nitrogens with one attached hydrogen (secondary N) is 2. The zero-order valence-electron chi connectivity index (χ0n) is 10.0. The van der Waals surface area contributed by atoms with Crippen molar-refractivity contribution >= 4 is 17.2 Å². The first-order chi connectivity index (χ1) is 7.65. The summed E-state index contributed by atoms with van der Waals surface area (Å²) >= 11 is 1.58. The van der Waals surface area contributed by atoms with Gasteiger partial charge in [-0.25, -0.2) is 4.98 Å². The van der Waals surface area contributed by atoms with Gasteiger partial charge in [-0.3, -0.25) is 4.79 Å². The number of thiazole rings is 1. The molecule has 0 saturated heterocycles. The van der Waals surface area contributed by atoms with Gasteiger partial charge < -0.3 is 10.6 Å². The highest BCUT2D eigenvalue weighted by atomic mass is 32.1. The second-order valence-electron chi connectivity index (χ2n) is 3.79. The van der Waals surface area contributed by atoms with Crippen LogP contribution in [0.15, 0.2) is 5.51 Å². The van der Waals surface area contributed by atoms with E-state index in [1.165, 1.54) is 0 Å². The van der Waals surface area contributed by atoms with Crippen LogP contribution < -0.4 is 10.6 Å². The molecule has 1 unspecified atom stereocenters. The van der Waals surface area contributed by atoms with Crippen LogP contribution in [-0.2, 0) is 11.3 Å². The Morgan fingerprint density at radius 2 is 2.38 bits per heavy atom. The second kappa shape index (κ2) is 6.60. The van der Waals surface area contributed by atoms with Crippen LogP contribution in [0.4, 0.5) is 0 Å². The average molecular weight is 241 g/mol. The SMILES string of the molecule is CCNCC(C)C(=O)NCc1scnc1C. The Labute approximate surface area is 100 Å². The fraction of sp³-hybridized carbons (Fsp3) is 0.636. The lowest BCUT2D eigenvalue weighted by Crippen LogP contribution is -2.34. The Hall–Kier alpha value is -0.940. The highest BCUT2D eigenvalue weighted by Crippen LogP contribution is 2.11. The predicted octanol–water partition coefficient (Wildman–Crippen LogP) is 1.31. The van der Waals surface area contributed by atoms with Crippen molar-refractivity contribution in [3.63, 3.8) is 0 Å². The molecule has 1 atom stereocenters. The minimum atomic E-state index is 0.00757. The van der Waals surface area contributed by atoms with E-state index < -0.39 is 0 Å². The summed E-state index contributed by atoms with van der Waals surface area (Å²) in [7, 11) is 0.